The van der Waals surface area contributed by atoms with Crippen LogP contribution >= 0.6 is 11.3 Å². The van der Waals surface area contributed by atoms with Crippen LogP contribution in [0, 0.1) is 22.9 Å². The number of benzene rings is 1. The van der Waals surface area contributed by atoms with Gasteiger partial charge >= 0.3 is 5.69 Å². The van der Waals surface area contributed by atoms with Crippen molar-refractivity contribution in [2.75, 3.05) is 0 Å². The average molecular weight is 387 g/mol. The Balaban J connectivity index is 1.65. The van der Waals surface area contributed by atoms with Gasteiger partial charge in [0.2, 0.25) is 0 Å². The first-order chi connectivity index (χ1) is 12.9. The van der Waals surface area contributed by atoms with E-state index in [4.69, 9.17) is 9.15 Å². The Morgan fingerprint density at radius 3 is 2.81 bits per heavy atom. The Bertz CT molecular complexity index is 1020. The van der Waals surface area contributed by atoms with Crippen LogP contribution in [0.1, 0.15) is 26.1 Å². The summed E-state index contributed by atoms with van der Waals surface area (Å²) >= 11 is 1.41. The number of rotatable bonds is 7. The van der Waals surface area contributed by atoms with Gasteiger partial charge in [-0.3, -0.25) is 14.9 Å². The summed E-state index contributed by atoms with van der Waals surface area (Å²) in [7, 11) is 0. The van der Waals surface area contributed by atoms with Crippen molar-refractivity contribution in [3.8, 4) is 5.75 Å². The number of ketones is 1. The fourth-order valence-electron chi connectivity index (χ4n) is 2.27. The predicted octanol–water partition coefficient (Wildman–Crippen LogP) is 5.17. The first-order valence-corrected chi connectivity index (χ1v) is 8.68. The number of allylic oxidation sites excluding steroid dienone is 1. The van der Waals surface area contributed by atoms with Crippen molar-refractivity contribution < 1.29 is 23.3 Å². The number of aryl methyl sites for hydroxylation is 1. The molecule has 0 N–H and O–H groups in total. The lowest BCUT2D eigenvalue weighted by Crippen LogP contribution is -1.99. The molecule has 27 heavy (non-hydrogen) atoms. The molecular formula is C19H14FNO5S. The number of nitro groups is 1. The van der Waals surface area contributed by atoms with Gasteiger partial charge in [-0.15, -0.1) is 11.3 Å². The molecule has 0 amide bonds. The SMILES string of the molecule is Cc1ccc(C(=O)/C=C/c2ccc(COc3cc(F)ccc3[N+](=O)[O-])o2)s1. The number of carbonyl (C=O) groups is 1. The molecule has 0 aliphatic heterocycles. The summed E-state index contributed by atoms with van der Waals surface area (Å²) in [5.41, 5.74) is -0.333. The molecule has 0 aliphatic carbocycles. The Kier molecular flexibility index (Phi) is 5.46. The molecule has 0 spiro atoms. The molecule has 0 atom stereocenters. The summed E-state index contributed by atoms with van der Waals surface area (Å²) < 4.78 is 24.1. The summed E-state index contributed by atoms with van der Waals surface area (Å²) in [5, 5.41) is 11.0. The molecule has 6 nitrogen and oxygen atoms in total. The van der Waals surface area contributed by atoms with Crippen LogP contribution in [0.4, 0.5) is 10.1 Å². The monoisotopic (exact) mass is 387 g/mol. The second-order valence-corrected chi connectivity index (χ2v) is 6.86. The first kappa shape index (κ1) is 18.5. The highest BCUT2D eigenvalue weighted by Crippen LogP contribution is 2.28. The smallest absolute Gasteiger partial charge is 0.311 e. The van der Waals surface area contributed by atoms with E-state index in [0.29, 0.717) is 16.4 Å². The summed E-state index contributed by atoms with van der Waals surface area (Å²) in [6.45, 7) is 1.81. The highest BCUT2D eigenvalue weighted by atomic mass is 32.1. The molecule has 0 saturated carbocycles. The zero-order valence-corrected chi connectivity index (χ0v) is 15.0. The molecule has 0 unspecified atom stereocenters. The van der Waals surface area contributed by atoms with Crippen LogP contribution in [-0.4, -0.2) is 10.7 Å². The van der Waals surface area contributed by atoms with E-state index in [-0.39, 0.29) is 23.8 Å². The topological polar surface area (TPSA) is 82.6 Å². The minimum atomic E-state index is -0.650. The lowest BCUT2D eigenvalue weighted by Gasteiger charge is -2.05. The van der Waals surface area contributed by atoms with E-state index in [1.54, 1.807) is 18.2 Å². The van der Waals surface area contributed by atoms with Crippen LogP contribution in [0.2, 0.25) is 0 Å². The van der Waals surface area contributed by atoms with Gasteiger partial charge in [0.1, 0.15) is 23.9 Å². The highest BCUT2D eigenvalue weighted by molar-refractivity contribution is 7.14. The Hall–Kier alpha value is -3.26. The maximum absolute atomic E-state index is 13.3. The van der Waals surface area contributed by atoms with Gasteiger partial charge in [-0.2, -0.15) is 0 Å². The number of nitro benzene ring substituents is 1. The van der Waals surface area contributed by atoms with Gasteiger partial charge in [0.05, 0.1) is 9.80 Å². The van der Waals surface area contributed by atoms with Crippen LogP contribution in [0.15, 0.2) is 53.0 Å². The number of nitrogens with zero attached hydrogens (tertiary/aromatic N) is 1. The Morgan fingerprint density at radius 1 is 1.30 bits per heavy atom. The Labute approximate surface area is 157 Å². The van der Waals surface area contributed by atoms with E-state index in [1.807, 2.05) is 13.0 Å². The number of carbonyl (C=O) groups excluding carboxylic acids is 1. The number of halogens is 1. The third-order valence-electron chi connectivity index (χ3n) is 3.55. The van der Waals surface area contributed by atoms with Crippen molar-refractivity contribution in [2.45, 2.75) is 13.5 Å². The molecular weight excluding hydrogens is 373 g/mol. The normalized spacial score (nSPS) is 11.0. The second kappa shape index (κ2) is 7.96. The van der Waals surface area contributed by atoms with Crippen molar-refractivity contribution in [3.63, 3.8) is 0 Å². The van der Waals surface area contributed by atoms with Crippen molar-refractivity contribution in [1.82, 2.24) is 0 Å². The van der Waals surface area contributed by atoms with Crippen LogP contribution in [0.3, 0.4) is 0 Å². The standard InChI is InChI=1S/C19H14FNO5S/c1-12-2-9-19(27-12)17(22)8-6-14-4-5-15(26-14)11-25-18-10-13(20)3-7-16(18)21(23)24/h2-10H,11H2,1H3/b8-6+. The molecule has 0 bridgehead atoms. The van der Waals surface area contributed by atoms with Gasteiger partial charge in [0.15, 0.2) is 11.5 Å². The molecule has 8 heteroatoms. The third-order valence-corrected chi connectivity index (χ3v) is 4.57. The molecule has 138 valence electrons. The van der Waals surface area contributed by atoms with Crippen LogP contribution in [-0.2, 0) is 6.61 Å². The molecule has 2 aromatic heterocycles. The van der Waals surface area contributed by atoms with Crippen LogP contribution in [0.5, 0.6) is 5.75 Å². The lowest BCUT2D eigenvalue weighted by atomic mass is 10.3. The molecule has 3 aromatic rings. The summed E-state index contributed by atoms with van der Waals surface area (Å²) in [6, 6.07) is 9.88. The van der Waals surface area contributed by atoms with E-state index in [2.05, 4.69) is 0 Å². The molecule has 0 aliphatic rings. The number of thiophene rings is 1. The number of ether oxygens (including phenoxy) is 1. The first-order valence-electron chi connectivity index (χ1n) is 7.86. The van der Waals surface area contributed by atoms with Gasteiger partial charge in [0.25, 0.3) is 0 Å². The summed E-state index contributed by atoms with van der Waals surface area (Å²) in [4.78, 5) is 24.0. The van der Waals surface area contributed by atoms with Crippen LogP contribution in [0.25, 0.3) is 6.08 Å². The largest absolute Gasteiger partial charge is 0.479 e. The highest BCUT2D eigenvalue weighted by Gasteiger charge is 2.16. The van der Waals surface area contributed by atoms with Crippen molar-refractivity contribution in [2.24, 2.45) is 0 Å². The zero-order chi connectivity index (χ0) is 19.4. The summed E-state index contributed by atoms with van der Waals surface area (Å²) in [5.74, 6) is -0.132. The lowest BCUT2D eigenvalue weighted by molar-refractivity contribution is -0.386. The van der Waals surface area contributed by atoms with Crippen molar-refractivity contribution >= 4 is 28.9 Å². The van der Waals surface area contributed by atoms with E-state index in [1.165, 1.54) is 23.5 Å². The molecule has 0 saturated heterocycles. The zero-order valence-electron chi connectivity index (χ0n) is 14.2. The molecule has 2 heterocycles. The van der Waals surface area contributed by atoms with Gasteiger partial charge in [-0.1, -0.05) is 0 Å². The van der Waals surface area contributed by atoms with Crippen molar-refractivity contribution in [3.05, 3.63) is 85.7 Å². The second-order valence-electron chi connectivity index (χ2n) is 5.57. The van der Waals surface area contributed by atoms with Gasteiger partial charge in [-0.05, 0) is 49.4 Å². The molecule has 0 radical (unpaired) electrons. The van der Waals surface area contributed by atoms with Crippen molar-refractivity contribution in [1.29, 1.82) is 0 Å². The Morgan fingerprint density at radius 2 is 2.11 bits per heavy atom. The fourth-order valence-corrected chi connectivity index (χ4v) is 3.06. The van der Waals surface area contributed by atoms with E-state index < -0.39 is 10.7 Å². The molecule has 1 aromatic carbocycles. The quantitative estimate of drug-likeness (QED) is 0.242. The van der Waals surface area contributed by atoms with Gasteiger partial charge in [0, 0.05) is 17.0 Å². The maximum Gasteiger partial charge on any atom is 0.311 e. The van der Waals surface area contributed by atoms with Gasteiger partial charge in [-0.25, -0.2) is 4.39 Å². The molecule has 0 fully saturated rings. The minimum Gasteiger partial charge on any atom is -0.479 e. The maximum atomic E-state index is 13.3. The summed E-state index contributed by atoms with van der Waals surface area (Å²) in [6.07, 6.45) is 2.94. The number of hydrogen-bond donors (Lipinski definition) is 0. The number of hydrogen-bond acceptors (Lipinski definition) is 6. The molecule has 3 rings (SSSR count). The third kappa shape index (κ3) is 4.68. The van der Waals surface area contributed by atoms with E-state index >= 15 is 0 Å². The minimum absolute atomic E-state index is 0.115. The van der Waals surface area contributed by atoms with Crippen LogP contribution < -0.4 is 4.74 Å². The fraction of sp³-hybridized carbons (Fsp3) is 0.105. The predicted molar refractivity (Wildman–Crippen MR) is 98.5 cm³/mol. The van der Waals surface area contributed by atoms with Gasteiger partial charge < -0.3 is 9.15 Å². The van der Waals surface area contributed by atoms with E-state index in [9.17, 15) is 19.3 Å². The van der Waals surface area contributed by atoms with E-state index in [0.717, 1.165) is 23.1 Å². The average Bonchev–Trinajstić information content (AvgIpc) is 3.26. The number of furan rings is 1.